The van der Waals surface area contributed by atoms with Crippen LogP contribution in [0.25, 0.3) is 0 Å². The van der Waals surface area contributed by atoms with E-state index in [1.54, 1.807) is 0 Å². The van der Waals surface area contributed by atoms with Gasteiger partial charge < -0.3 is 10.2 Å². The maximum atomic E-state index is 15.7. The first-order valence-electron chi connectivity index (χ1n) is 11.8. The number of imide groups is 2. The Hall–Kier alpha value is -2.95. The Bertz CT molecular complexity index is 1240. The van der Waals surface area contributed by atoms with Crippen LogP contribution in [0.15, 0.2) is 0 Å². The third kappa shape index (κ3) is 2.57. The first-order chi connectivity index (χ1) is 16.3. The highest BCUT2D eigenvalue weighted by Gasteiger charge is 2.49. The van der Waals surface area contributed by atoms with Crippen molar-refractivity contribution in [3.05, 3.63) is 28.6 Å². The van der Waals surface area contributed by atoms with Crippen LogP contribution in [0.4, 0.5) is 18.9 Å². The van der Waals surface area contributed by atoms with Crippen molar-refractivity contribution in [1.29, 1.82) is 0 Å². The van der Waals surface area contributed by atoms with Gasteiger partial charge in [-0.05, 0) is 6.42 Å². The monoisotopic (exact) mass is 404 g/mol. The van der Waals surface area contributed by atoms with Gasteiger partial charge >= 0.3 is 0 Å². The normalized spacial score (nSPS) is 34.0. The molecule has 148 valence electrons. The number of nitrogens with zero attached hydrogens (tertiary/aromatic N) is 2. The Kier molecular flexibility index (Phi) is 2.62. The molecular weight excluding hydrogens is 381 g/mol. The SMILES string of the molecule is [2H]C1([2H])NC([2H])([2H])C([2H])([2H])N(c2c(F)c(F)c3c(c2F)C(=O)N(C2CCC(=O)NC2=O)C3=O)C1([2H])[2H]. The number of piperidine rings is 1. The zero-order valence-electron chi connectivity index (χ0n) is 21.7. The van der Waals surface area contributed by atoms with Gasteiger partial charge in [0.25, 0.3) is 11.8 Å². The highest BCUT2D eigenvalue weighted by Crippen LogP contribution is 2.38. The fraction of sp³-hybridized carbons (Fsp3) is 0.412. The summed E-state index contributed by atoms with van der Waals surface area (Å²) in [6.07, 6.45) is -0.766. The van der Waals surface area contributed by atoms with E-state index >= 15 is 13.2 Å². The minimum atomic E-state index is -3.79. The molecule has 1 aromatic carbocycles. The lowest BCUT2D eigenvalue weighted by atomic mass is 10.0. The molecule has 0 saturated carbocycles. The third-order valence-corrected chi connectivity index (χ3v) is 4.37. The van der Waals surface area contributed by atoms with E-state index in [-0.39, 0.29) is 11.3 Å². The number of anilines is 1. The van der Waals surface area contributed by atoms with Crippen molar-refractivity contribution in [1.82, 2.24) is 15.5 Å². The molecule has 4 rings (SSSR count). The number of piperazine rings is 1. The predicted octanol–water partition coefficient (Wildman–Crippen LogP) is -0.0853. The van der Waals surface area contributed by atoms with E-state index < -0.39 is 101 Å². The lowest BCUT2D eigenvalue weighted by Gasteiger charge is -2.30. The summed E-state index contributed by atoms with van der Waals surface area (Å²) < 4.78 is 109. The number of carbonyl (C=O) groups is 4. The summed E-state index contributed by atoms with van der Waals surface area (Å²) in [6, 6.07) is -1.71. The highest BCUT2D eigenvalue weighted by molar-refractivity contribution is 6.24. The zero-order chi connectivity index (χ0) is 27.3. The molecule has 3 heterocycles. The van der Waals surface area contributed by atoms with Crippen LogP contribution in [-0.4, -0.2) is 60.6 Å². The van der Waals surface area contributed by atoms with Gasteiger partial charge in [-0.1, -0.05) is 0 Å². The van der Waals surface area contributed by atoms with Gasteiger partial charge in [0.05, 0.1) is 16.6 Å². The molecule has 28 heavy (non-hydrogen) atoms. The summed E-state index contributed by atoms with van der Waals surface area (Å²) in [5.41, 5.74) is -4.96. The van der Waals surface area contributed by atoms with Gasteiger partial charge in [-0.15, -0.1) is 0 Å². The van der Waals surface area contributed by atoms with Crippen LogP contribution in [0.5, 0.6) is 0 Å². The third-order valence-electron chi connectivity index (χ3n) is 4.37. The molecule has 11 heteroatoms. The van der Waals surface area contributed by atoms with E-state index in [4.69, 9.17) is 11.0 Å². The predicted molar refractivity (Wildman–Crippen MR) is 88.1 cm³/mol. The number of benzene rings is 1. The molecule has 8 nitrogen and oxygen atoms in total. The van der Waals surface area contributed by atoms with Gasteiger partial charge in [0, 0.05) is 37.9 Å². The molecule has 0 bridgehead atoms. The molecule has 4 amide bonds. The lowest BCUT2D eigenvalue weighted by Crippen LogP contribution is -2.54. The van der Waals surface area contributed by atoms with Crippen LogP contribution in [-0.2, 0) is 9.59 Å². The number of halogens is 3. The standard InChI is InChI=1S/C17H15F3N4O4/c18-11-9-10(12(19)14(13(11)20)23-5-3-21-4-6-23)17(28)24(16(9)27)7-1-2-8(25)22-15(7)26/h7,21H,1-6H2,(H,22,25,26)/i3D2,4D2,5D2,6D2. The Labute approximate surface area is 167 Å². The van der Waals surface area contributed by atoms with E-state index in [2.05, 4.69) is 0 Å². The van der Waals surface area contributed by atoms with Gasteiger partial charge in [0.15, 0.2) is 17.5 Å². The molecule has 0 aromatic heterocycles. The first-order valence-corrected chi connectivity index (χ1v) is 7.81. The number of hydrogen-bond donors (Lipinski definition) is 2. The molecule has 0 radical (unpaired) electrons. The van der Waals surface area contributed by atoms with E-state index in [9.17, 15) is 19.2 Å². The Morgan fingerprint density at radius 1 is 0.929 bits per heavy atom. The van der Waals surface area contributed by atoms with Crippen molar-refractivity contribution in [3.8, 4) is 0 Å². The summed E-state index contributed by atoms with van der Waals surface area (Å²) in [6.45, 7) is -14.6. The van der Waals surface area contributed by atoms with E-state index in [0.29, 0.717) is 0 Å². The molecule has 1 aromatic rings. The summed E-state index contributed by atoms with van der Waals surface area (Å²) in [5.74, 6) is -12.0. The van der Waals surface area contributed by atoms with Gasteiger partial charge in [-0.3, -0.25) is 29.4 Å². The zero-order valence-corrected chi connectivity index (χ0v) is 13.7. The average Bonchev–Trinajstić information content (AvgIpc) is 2.98. The molecule has 3 aliphatic rings. The van der Waals surface area contributed by atoms with Crippen molar-refractivity contribution in [2.45, 2.75) is 18.9 Å². The van der Waals surface area contributed by atoms with Crippen LogP contribution in [0, 0.1) is 17.5 Å². The van der Waals surface area contributed by atoms with Gasteiger partial charge in [0.1, 0.15) is 11.7 Å². The highest BCUT2D eigenvalue weighted by atomic mass is 19.2. The number of hydrogen-bond acceptors (Lipinski definition) is 6. The van der Waals surface area contributed by atoms with Crippen LogP contribution < -0.4 is 15.5 Å². The second-order valence-electron chi connectivity index (χ2n) is 5.92. The largest absolute Gasteiger partial charge is 0.364 e. The van der Waals surface area contributed by atoms with Gasteiger partial charge in [-0.25, -0.2) is 13.2 Å². The van der Waals surface area contributed by atoms with Crippen molar-refractivity contribution in [3.63, 3.8) is 0 Å². The van der Waals surface area contributed by atoms with Gasteiger partial charge in [-0.2, -0.15) is 0 Å². The Morgan fingerprint density at radius 3 is 2.14 bits per heavy atom. The van der Waals surface area contributed by atoms with Crippen molar-refractivity contribution in [2.24, 2.45) is 0 Å². The molecule has 2 N–H and O–H groups in total. The average molecular weight is 404 g/mol. The molecular formula is C17H15F3N4O4. The van der Waals surface area contributed by atoms with E-state index in [1.165, 1.54) is 5.32 Å². The molecule has 1 unspecified atom stereocenters. The maximum Gasteiger partial charge on any atom is 0.265 e. The minimum absolute atomic E-state index is 0.0847. The molecule has 1 atom stereocenters. The number of carbonyl (C=O) groups excluding carboxylic acids is 4. The number of nitrogens with one attached hydrogen (secondary N) is 2. The fourth-order valence-corrected chi connectivity index (χ4v) is 3.13. The van der Waals surface area contributed by atoms with Crippen LogP contribution in [0.3, 0.4) is 0 Å². The maximum absolute atomic E-state index is 15.7. The van der Waals surface area contributed by atoms with E-state index in [1.807, 2.05) is 5.32 Å². The fourth-order valence-electron chi connectivity index (χ4n) is 3.13. The number of fused-ring (bicyclic) bond motifs is 1. The molecule has 2 saturated heterocycles. The first kappa shape index (κ1) is 11.1. The number of rotatable bonds is 2. The Balaban J connectivity index is 1.95. The van der Waals surface area contributed by atoms with Crippen molar-refractivity contribution in [2.75, 3.05) is 30.9 Å². The van der Waals surface area contributed by atoms with Gasteiger partial charge in [0.2, 0.25) is 11.8 Å². The molecule has 0 spiro atoms. The molecule has 2 fully saturated rings. The van der Waals surface area contributed by atoms with Crippen molar-refractivity contribution < 1.29 is 43.3 Å². The summed E-state index contributed by atoms with van der Waals surface area (Å²) in [5, 5.41) is 3.26. The van der Waals surface area contributed by atoms with Crippen molar-refractivity contribution >= 4 is 29.3 Å². The van der Waals surface area contributed by atoms with Crippen LogP contribution in [0.2, 0.25) is 0 Å². The van der Waals surface area contributed by atoms with E-state index in [0.717, 1.165) is 0 Å². The molecule has 0 aliphatic carbocycles. The smallest absolute Gasteiger partial charge is 0.265 e. The minimum Gasteiger partial charge on any atom is -0.364 e. The quantitative estimate of drug-likeness (QED) is 0.528. The summed E-state index contributed by atoms with van der Waals surface area (Å²) in [7, 11) is 0. The summed E-state index contributed by atoms with van der Waals surface area (Å²) in [4.78, 5) is 48.7. The van der Waals surface area contributed by atoms with Crippen LogP contribution >= 0.6 is 0 Å². The van der Waals surface area contributed by atoms with Crippen LogP contribution in [0.1, 0.15) is 44.5 Å². The topological polar surface area (TPSA) is 98.8 Å². The Morgan fingerprint density at radius 2 is 1.54 bits per heavy atom. The summed E-state index contributed by atoms with van der Waals surface area (Å²) >= 11 is 0. The number of amides is 4. The lowest BCUT2D eigenvalue weighted by molar-refractivity contribution is -0.136. The second kappa shape index (κ2) is 6.59. The second-order valence-corrected chi connectivity index (χ2v) is 5.92. The molecule has 3 aliphatic heterocycles.